The molecule has 0 aliphatic carbocycles. The van der Waals surface area contributed by atoms with Gasteiger partial charge in [0.15, 0.2) is 9.84 Å². The quantitative estimate of drug-likeness (QED) is 0.778. The average molecular weight is 332 g/mol. The van der Waals surface area contributed by atoms with E-state index in [1.165, 1.54) is 11.8 Å². The van der Waals surface area contributed by atoms with E-state index < -0.39 is 9.84 Å². The van der Waals surface area contributed by atoms with Crippen LogP contribution in [0.25, 0.3) is 0 Å². The van der Waals surface area contributed by atoms with Gasteiger partial charge in [-0.05, 0) is 6.42 Å². The van der Waals surface area contributed by atoms with Crippen molar-refractivity contribution >= 4 is 27.5 Å². The molecule has 0 unspecified atom stereocenters. The van der Waals surface area contributed by atoms with Crippen molar-refractivity contribution in [2.45, 2.75) is 43.8 Å². The molecule has 0 spiro atoms. The number of amides is 1. The van der Waals surface area contributed by atoms with Gasteiger partial charge in [0.05, 0.1) is 17.3 Å². The van der Waals surface area contributed by atoms with Crippen molar-refractivity contribution in [1.82, 2.24) is 20.5 Å². The highest BCUT2D eigenvalue weighted by Crippen LogP contribution is 2.21. The van der Waals surface area contributed by atoms with Gasteiger partial charge in [-0.1, -0.05) is 32.5 Å². The van der Waals surface area contributed by atoms with E-state index >= 15 is 0 Å². The number of hydrogen-bond acceptors (Lipinski definition) is 6. The molecule has 0 saturated carbocycles. The van der Waals surface area contributed by atoms with Crippen molar-refractivity contribution < 1.29 is 13.2 Å². The van der Waals surface area contributed by atoms with E-state index in [4.69, 9.17) is 0 Å². The molecule has 1 atom stereocenters. The van der Waals surface area contributed by atoms with Crippen LogP contribution in [0.2, 0.25) is 0 Å². The van der Waals surface area contributed by atoms with Crippen molar-refractivity contribution in [2.24, 2.45) is 0 Å². The topological polar surface area (TPSA) is 105 Å². The minimum atomic E-state index is -2.97. The molecule has 0 radical (unpaired) electrons. The lowest BCUT2D eigenvalue weighted by Crippen LogP contribution is -2.36. The monoisotopic (exact) mass is 332 g/mol. The summed E-state index contributed by atoms with van der Waals surface area (Å²) in [6, 6.07) is -0.264. The number of aromatic amines is 1. The Morgan fingerprint density at radius 2 is 2.19 bits per heavy atom. The van der Waals surface area contributed by atoms with Gasteiger partial charge in [0.2, 0.25) is 11.1 Å². The summed E-state index contributed by atoms with van der Waals surface area (Å²) >= 11 is 1.23. The Morgan fingerprint density at radius 3 is 2.71 bits per heavy atom. The van der Waals surface area contributed by atoms with Crippen LogP contribution in [0.5, 0.6) is 0 Å². The zero-order valence-electron chi connectivity index (χ0n) is 12.3. The number of nitrogens with one attached hydrogen (secondary N) is 2. The molecule has 0 bridgehead atoms. The molecule has 1 amide bonds. The number of nitrogens with zero attached hydrogens (tertiary/aromatic N) is 2. The normalized spacial score (nSPS) is 21.4. The summed E-state index contributed by atoms with van der Waals surface area (Å²) in [5.74, 6) is 0.952. The van der Waals surface area contributed by atoms with Crippen molar-refractivity contribution in [3.8, 4) is 0 Å². The van der Waals surface area contributed by atoms with Gasteiger partial charge >= 0.3 is 0 Å². The van der Waals surface area contributed by atoms with Gasteiger partial charge in [-0.15, -0.1) is 5.10 Å². The van der Waals surface area contributed by atoms with E-state index in [0.717, 1.165) is 5.82 Å². The Balaban J connectivity index is 1.81. The Bertz CT molecular complexity index is 619. The maximum atomic E-state index is 11.8. The van der Waals surface area contributed by atoms with Crippen molar-refractivity contribution in [3.63, 3.8) is 0 Å². The Morgan fingerprint density at radius 1 is 1.48 bits per heavy atom. The van der Waals surface area contributed by atoms with Crippen LogP contribution in [-0.2, 0) is 20.0 Å². The first-order chi connectivity index (χ1) is 9.66. The minimum absolute atomic E-state index is 0.0399. The van der Waals surface area contributed by atoms with Gasteiger partial charge in [-0.25, -0.2) is 13.4 Å². The molecule has 1 aliphatic rings. The summed E-state index contributed by atoms with van der Waals surface area (Å²) < 4.78 is 22.6. The van der Waals surface area contributed by atoms with Crippen molar-refractivity contribution in [1.29, 1.82) is 0 Å². The molecule has 7 nitrogen and oxygen atoms in total. The first kappa shape index (κ1) is 16.3. The van der Waals surface area contributed by atoms with E-state index in [9.17, 15) is 13.2 Å². The van der Waals surface area contributed by atoms with Gasteiger partial charge in [-0.3, -0.25) is 9.89 Å². The van der Waals surface area contributed by atoms with Crippen molar-refractivity contribution in [3.05, 3.63) is 5.82 Å². The lowest BCUT2D eigenvalue weighted by molar-refractivity contribution is -0.119. The Kier molecular flexibility index (Phi) is 4.62. The number of hydrogen-bond donors (Lipinski definition) is 2. The molecule has 1 aliphatic heterocycles. The predicted molar refractivity (Wildman–Crippen MR) is 81.0 cm³/mol. The number of H-pyrrole nitrogens is 1. The second-order valence-electron chi connectivity index (χ2n) is 6.17. The van der Waals surface area contributed by atoms with Crippen LogP contribution in [0.4, 0.5) is 0 Å². The Labute approximate surface area is 128 Å². The highest BCUT2D eigenvalue weighted by atomic mass is 32.2. The largest absolute Gasteiger partial charge is 0.352 e. The molecule has 118 valence electrons. The highest BCUT2D eigenvalue weighted by Gasteiger charge is 2.29. The SMILES string of the molecule is CC(C)(C)c1nc(SCC(=O)N[C@@H]2CCS(=O)(=O)C2)n[nH]1. The third kappa shape index (κ3) is 4.70. The summed E-state index contributed by atoms with van der Waals surface area (Å²) in [6.45, 7) is 6.07. The van der Waals surface area contributed by atoms with Crippen LogP contribution in [0.3, 0.4) is 0 Å². The standard InChI is InChI=1S/C12H20N4O3S2/c1-12(2,3)10-14-11(16-15-10)20-6-9(17)13-8-4-5-21(18,19)7-8/h8H,4-7H2,1-3H3,(H,13,17)(H,14,15,16)/t8-/m1/s1. The fraction of sp³-hybridized carbons (Fsp3) is 0.750. The zero-order chi connectivity index (χ0) is 15.7. The summed E-state index contributed by atoms with van der Waals surface area (Å²) in [7, 11) is -2.97. The second kappa shape index (κ2) is 5.96. The van der Waals surface area contributed by atoms with E-state index in [-0.39, 0.29) is 34.6 Å². The van der Waals surface area contributed by atoms with Crippen LogP contribution >= 0.6 is 11.8 Å². The van der Waals surface area contributed by atoms with Gasteiger partial charge in [0.25, 0.3) is 0 Å². The Hall–Kier alpha value is -1.09. The van der Waals surface area contributed by atoms with Gasteiger partial charge in [0.1, 0.15) is 5.82 Å². The molecule has 21 heavy (non-hydrogen) atoms. The average Bonchev–Trinajstić information content (AvgIpc) is 2.93. The molecule has 2 N–H and O–H groups in total. The zero-order valence-corrected chi connectivity index (χ0v) is 14.0. The first-order valence-corrected chi connectivity index (χ1v) is 9.52. The maximum absolute atomic E-state index is 11.8. The summed E-state index contributed by atoms with van der Waals surface area (Å²) in [5.41, 5.74) is -0.119. The van der Waals surface area contributed by atoms with Gasteiger partial charge in [0, 0.05) is 11.5 Å². The molecule has 2 rings (SSSR count). The van der Waals surface area contributed by atoms with E-state index in [0.29, 0.717) is 11.6 Å². The van der Waals surface area contributed by atoms with Crippen LogP contribution in [-0.4, -0.2) is 52.8 Å². The number of rotatable bonds is 4. The summed E-state index contributed by atoms with van der Waals surface area (Å²) in [4.78, 5) is 16.1. The number of aromatic nitrogens is 3. The summed E-state index contributed by atoms with van der Waals surface area (Å²) in [6.07, 6.45) is 0.494. The lowest BCUT2D eigenvalue weighted by Gasteiger charge is -2.12. The van der Waals surface area contributed by atoms with Crippen LogP contribution in [0.1, 0.15) is 33.0 Å². The fourth-order valence-electron chi connectivity index (χ4n) is 1.95. The van der Waals surface area contributed by atoms with Gasteiger partial charge < -0.3 is 5.32 Å². The molecule has 1 fully saturated rings. The third-order valence-corrected chi connectivity index (χ3v) is 5.72. The van der Waals surface area contributed by atoms with E-state index in [2.05, 4.69) is 20.5 Å². The number of carbonyl (C=O) groups is 1. The molecule has 0 aromatic carbocycles. The molecule has 1 saturated heterocycles. The third-order valence-electron chi connectivity index (χ3n) is 3.11. The van der Waals surface area contributed by atoms with E-state index in [1.807, 2.05) is 20.8 Å². The fourth-order valence-corrected chi connectivity index (χ4v) is 4.24. The minimum Gasteiger partial charge on any atom is -0.352 e. The maximum Gasteiger partial charge on any atom is 0.230 e. The van der Waals surface area contributed by atoms with Gasteiger partial charge in [-0.2, -0.15) is 0 Å². The number of thioether (sulfide) groups is 1. The molecule has 1 aromatic heterocycles. The first-order valence-electron chi connectivity index (χ1n) is 6.71. The molecule has 9 heteroatoms. The van der Waals surface area contributed by atoms with Crippen LogP contribution in [0, 0.1) is 0 Å². The molecular weight excluding hydrogens is 312 g/mol. The number of sulfone groups is 1. The van der Waals surface area contributed by atoms with Crippen LogP contribution < -0.4 is 5.32 Å². The predicted octanol–water partition coefficient (Wildman–Crippen LogP) is 0.498. The second-order valence-corrected chi connectivity index (χ2v) is 9.34. The number of carbonyl (C=O) groups excluding carboxylic acids is 1. The lowest BCUT2D eigenvalue weighted by atomic mass is 9.96. The molecule has 1 aromatic rings. The van der Waals surface area contributed by atoms with Crippen molar-refractivity contribution in [2.75, 3.05) is 17.3 Å². The van der Waals surface area contributed by atoms with Crippen LogP contribution in [0.15, 0.2) is 5.16 Å². The molecule has 2 heterocycles. The summed E-state index contributed by atoms with van der Waals surface area (Å²) in [5, 5.41) is 10.2. The smallest absolute Gasteiger partial charge is 0.230 e. The highest BCUT2D eigenvalue weighted by molar-refractivity contribution is 7.99. The van der Waals surface area contributed by atoms with E-state index in [1.54, 1.807) is 0 Å². The molecular formula is C12H20N4O3S2.